The summed E-state index contributed by atoms with van der Waals surface area (Å²) in [5.41, 5.74) is 4.07. The summed E-state index contributed by atoms with van der Waals surface area (Å²) >= 11 is 6.10. The van der Waals surface area contributed by atoms with E-state index in [-0.39, 0.29) is 30.7 Å². The number of halogens is 1. The van der Waals surface area contributed by atoms with E-state index in [1.165, 1.54) is 5.56 Å². The van der Waals surface area contributed by atoms with Gasteiger partial charge < -0.3 is 10.2 Å². The van der Waals surface area contributed by atoms with Crippen LogP contribution in [0.4, 0.5) is 5.69 Å². The third-order valence-corrected chi connectivity index (χ3v) is 5.76. The number of amides is 2. The summed E-state index contributed by atoms with van der Waals surface area (Å²) in [4.78, 5) is 27.4. The van der Waals surface area contributed by atoms with Crippen LogP contribution in [0.25, 0.3) is 0 Å². The highest BCUT2D eigenvalue weighted by molar-refractivity contribution is 6.33. The molecule has 1 heterocycles. The Morgan fingerprint density at radius 1 is 0.900 bits per heavy atom. The summed E-state index contributed by atoms with van der Waals surface area (Å²) in [5.74, 6) is -0.238. The summed E-state index contributed by atoms with van der Waals surface area (Å²) in [6.45, 7) is 0.640. The van der Waals surface area contributed by atoms with Crippen molar-refractivity contribution >= 4 is 29.1 Å². The third kappa shape index (κ3) is 4.39. The van der Waals surface area contributed by atoms with Crippen molar-refractivity contribution in [3.05, 3.63) is 101 Å². The maximum absolute atomic E-state index is 13.1. The van der Waals surface area contributed by atoms with Gasteiger partial charge in [-0.05, 0) is 35.2 Å². The topological polar surface area (TPSA) is 49.4 Å². The van der Waals surface area contributed by atoms with E-state index < -0.39 is 0 Å². The first-order chi connectivity index (χ1) is 14.6. The number of nitrogens with one attached hydrogen (secondary N) is 1. The van der Waals surface area contributed by atoms with Gasteiger partial charge in [0.25, 0.3) is 0 Å². The van der Waals surface area contributed by atoms with Crippen LogP contribution in [0.2, 0.25) is 5.02 Å². The Kier molecular flexibility index (Phi) is 6.15. The molecule has 152 valence electrons. The normalized spacial score (nSPS) is 15.4. The Morgan fingerprint density at radius 2 is 1.60 bits per heavy atom. The average molecular weight is 419 g/mol. The van der Waals surface area contributed by atoms with Crippen molar-refractivity contribution in [1.29, 1.82) is 0 Å². The number of nitrogens with zero attached hydrogens (tertiary/aromatic N) is 1. The second-order valence-electron chi connectivity index (χ2n) is 7.38. The summed E-state index contributed by atoms with van der Waals surface area (Å²) in [5, 5.41) is 3.27. The predicted molar refractivity (Wildman–Crippen MR) is 119 cm³/mol. The van der Waals surface area contributed by atoms with E-state index in [4.69, 9.17) is 11.6 Å². The number of rotatable bonds is 5. The SMILES string of the molecule is O=C(CCC(=O)N1CCc2ccccc2[C@@H]1c1ccccc1)Nc1ccccc1Cl. The standard InChI is InChI=1S/C25H23ClN2O2/c26-21-12-6-7-13-22(21)27-23(29)14-15-24(30)28-17-16-18-8-4-5-11-20(18)25(28)19-9-2-1-3-10-19/h1-13,25H,14-17H2,(H,27,29)/t25-/m0/s1. The molecule has 0 saturated carbocycles. The number of para-hydroxylation sites is 1. The smallest absolute Gasteiger partial charge is 0.224 e. The zero-order valence-corrected chi connectivity index (χ0v) is 17.3. The van der Waals surface area contributed by atoms with Gasteiger partial charge in [-0.15, -0.1) is 0 Å². The maximum Gasteiger partial charge on any atom is 0.224 e. The molecule has 3 aromatic rings. The van der Waals surface area contributed by atoms with Crippen LogP contribution in [0.1, 0.15) is 35.6 Å². The first-order valence-electron chi connectivity index (χ1n) is 10.1. The molecule has 4 rings (SSSR count). The van der Waals surface area contributed by atoms with E-state index in [9.17, 15) is 9.59 Å². The zero-order chi connectivity index (χ0) is 20.9. The van der Waals surface area contributed by atoms with Gasteiger partial charge in [-0.1, -0.05) is 78.3 Å². The second-order valence-corrected chi connectivity index (χ2v) is 7.78. The Hall–Kier alpha value is -3.11. The molecular weight excluding hydrogens is 396 g/mol. The van der Waals surface area contributed by atoms with Crippen molar-refractivity contribution < 1.29 is 9.59 Å². The van der Waals surface area contributed by atoms with Crippen molar-refractivity contribution in [2.24, 2.45) is 0 Å². The van der Waals surface area contributed by atoms with Crippen LogP contribution >= 0.6 is 11.6 Å². The number of fused-ring (bicyclic) bond motifs is 1. The Bertz CT molecular complexity index is 1050. The van der Waals surface area contributed by atoms with Crippen molar-refractivity contribution in [3.63, 3.8) is 0 Å². The predicted octanol–water partition coefficient (Wildman–Crippen LogP) is 5.23. The van der Waals surface area contributed by atoms with Gasteiger partial charge in [0.1, 0.15) is 0 Å². The summed E-state index contributed by atoms with van der Waals surface area (Å²) in [6.07, 6.45) is 1.09. The van der Waals surface area contributed by atoms with Crippen LogP contribution < -0.4 is 5.32 Å². The fourth-order valence-corrected chi connectivity index (χ4v) is 4.15. The van der Waals surface area contributed by atoms with Crippen molar-refractivity contribution in [1.82, 2.24) is 4.90 Å². The summed E-state index contributed by atoms with van der Waals surface area (Å²) in [6, 6.07) is 25.3. The maximum atomic E-state index is 13.1. The molecule has 1 N–H and O–H groups in total. The molecule has 0 saturated heterocycles. The zero-order valence-electron chi connectivity index (χ0n) is 16.6. The van der Waals surface area contributed by atoms with E-state index >= 15 is 0 Å². The van der Waals surface area contributed by atoms with Crippen LogP contribution in [0, 0.1) is 0 Å². The minimum Gasteiger partial charge on any atom is -0.331 e. The first kappa shape index (κ1) is 20.2. The molecule has 0 aromatic heterocycles. The minimum atomic E-state index is -0.217. The lowest BCUT2D eigenvalue weighted by Gasteiger charge is -2.38. The van der Waals surface area contributed by atoms with Gasteiger partial charge in [0.2, 0.25) is 11.8 Å². The van der Waals surface area contributed by atoms with Crippen LogP contribution in [-0.2, 0) is 16.0 Å². The molecule has 5 heteroatoms. The van der Waals surface area contributed by atoms with Gasteiger partial charge in [-0.2, -0.15) is 0 Å². The lowest BCUT2D eigenvalue weighted by Crippen LogP contribution is -2.40. The van der Waals surface area contributed by atoms with E-state index in [1.807, 2.05) is 41.3 Å². The van der Waals surface area contributed by atoms with Crippen LogP contribution in [0.3, 0.4) is 0 Å². The molecule has 0 aliphatic carbocycles. The van der Waals surface area contributed by atoms with Gasteiger partial charge in [-0.25, -0.2) is 0 Å². The van der Waals surface area contributed by atoms with Crippen molar-refractivity contribution in [3.8, 4) is 0 Å². The lowest BCUT2D eigenvalue weighted by atomic mass is 9.88. The number of benzene rings is 3. The lowest BCUT2D eigenvalue weighted by molar-refractivity contribution is -0.134. The Labute approximate surface area is 181 Å². The van der Waals surface area contributed by atoms with Crippen LogP contribution in [-0.4, -0.2) is 23.3 Å². The Balaban J connectivity index is 1.48. The number of hydrogen-bond donors (Lipinski definition) is 1. The molecule has 0 radical (unpaired) electrons. The average Bonchev–Trinajstić information content (AvgIpc) is 2.79. The molecule has 0 fully saturated rings. The first-order valence-corrected chi connectivity index (χ1v) is 10.5. The van der Waals surface area contributed by atoms with E-state index in [0.717, 1.165) is 17.5 Å². The van der Waals surface area contributed by atoms with Gasteiger partial charge in [0.05, 0.1) is 16.8 Å². The van der Waals surface area contributed by atoms with Gasteiger partial charge in [-0.3, -0.25) is 9.59 Å². The molecule has 0 spiro atoms. The van der Waals surface area contributed by atoms with Gasteiger partial charge in [0, 0.05) is 19.4 Å². The highest BCUT2D eigenvalue weighted by Crippen LogP contribution is 2.35. The quantitative estimate of drug-likeness (QED) is 0.616. The number of anilines is 1. The summed E-state index contributed by atoms with van der Waals surface area (Å²) in [7, 11) is 0. The molecule has 1 aliphatic heterocycles. The van der Waals surface area contributed by atoms with Crippen LogP contribution in [0.15, 0.2) is 78.9 Å². The molecule has 2 amide bonds. The summed E-state index contributed by atoms with van der Waals surface area (Å²) < 4.78 is 0. The Morgan fingerprint density at radius 3 is 2.40 bits per heavy atom. The molecule has 0 unspecified atom stereocenters. The minimum absolute atomic E-state index is 0.0207. The number of hydrogen-bond acceptors (Lipinski definition) is 2. The molecule has 0 bridgehead atoms. The van der Waals surface area contributed by atoms with Gasteiger partial charge >= 0.3 is 0 Å². The second kappa shape index (κ2) is 9.14. The monoisotopic (exact) mass is 418 g/mol. The van der Waals surface area contributed by atoms with Crippen molar-refractivity contribution in [2.75, 3.05) is 11.9 Å². The van der Waals surface area contributed by atoms with E-state index in [0.29, 0.717) is 17.3 Å². The molecule has 1 atom stereocenters. The fourth-order valence-electron chi connectivity index (χ4n) is 3.97. The number of carbonyl (C=O) groups excluding carboxylic acids is 2. The van der Waals surface area contributed by atoms with E-state index in [1.54, 1.807) is 18.2 Å². The number of carbonyl (C=O) groups is 2. The molecule has 4 nitrogen and oxygen atoms in total. The largest absolute Gasteiger partial charge is 0.331 e. The van der Waals surface area contributed by atoms with E-state index in [2.05, 4.69) is 29.6 Å². The van der Waals surface area contributed by atoms with Crippen LogP contribution in [0.5, 0.6) is 0 Å². The molecule has 3 aromatic carbocycles. The third-order valence-electron chi connectivity index (χ3n) is 5.43. The van der Waals surface area contributed by atoms with Gasteiger partial charge in [0.15, 0.2) is 0 Å². The highest BCUT2D eigenvalue weighted by Gasteiger charge is 2.31. The fraction of sp³-hybridized carbons (Fsp3) is 0.200. The molecule has 1 aliphatic rings. The molecule has 30 heavy (non-hydrogen) atoms. The highest BCUT2D eigenvalue weighted by atomic mass is 35.5. The van der Waals surface area contributed by atoms with Crippen molar-refractivity contribution in [2.45, 2.75) is 25.3 Å². The molecular formula is C25H23ClN2O2.